The van der Waals surface area contributed by atoms with Crippen LogP contribution in [0.1, 0.15) is 33.8 Å². The van der Waals surface area contributed by atoms with Crippen LogP contribution in [0.3, 0.4) is 0 Å². The second kappa shape index (κ2) is 9.20. The fraction of sp³-hybridized carbons (Fsp3) is 0.304. The van der Waals surface area contributed by atoms with Crippen molar-refractivity contribution >= 4 is 27.1 Å². The van der Waals surface area contributed by atoms with E-state index in [-0.39, 0.29) is 16.8 Å². The number of nitrogens with zero attached hydrogens (tertiary/aromatic N) is 3. The van der Waals surface area contributed by atoms with E-state index < -0.39 is 9.84 Å². The van der Waals surface area contributed by atoms with Gasteiger partial charge in [-0.25, -0.2) is 13.4 Å². The maximum atomic E-state index is 13.1. The minimum absolute atomic E-state index is 0.0150. The summed E-state index contributed by atoms with van der Waals surface area (Å²) in [6.45, 7) is 5.07. The highest BCUT2D eigenvalue weighted by molar-refractivity contribution is 7.90. The summed E-state index contributed by atoms with van der Waals surface area (Å²) in [4.78, 5) is 19.8. The summed E-state index contributed by atoms with van der Waals surface area (Å²) in [7, 11) is -3.65. The van der Waals surface area contributed by atoms with Gasteiger partial charge in [-0.15, -0.1) is 17.9 Å². The number of carbonyl (C=O) groups excluding carboxylic acids is 1. The molecule has 1 amide bonds. The molecule has 0 bridgehead atoms. The number of benzene rings is 1. The number of allylic oxidation sites excluding steroid dienone is 1. The molecule has 2 aromatic heterocycles. The van der Waals surface area contributed by atoms with E-state index in [1.807, 2.05) is 40.6 Å². The first-order chi connectivity index (χ1) is 15.0. The molecule has 1 fully saturated rings. The molecule has 8 heteroatoms. The summed E-state index contributed by atoms with van der Waals surface area (Å²) >= 11 is 1.42. The number of rotatable bonds is 10. The van der Waals surface area contributed by atoms with Gasteiger partial charge < -0.3 is 9.47 Å². The van der Waals surface area contributed by atoms with Crippen molar-refractivity contribution in [1.29, 1.82) is 0 Å². The topological polar surface area (TPSA) is 72.3 Å². The van der Waals surface area contributed by atoms with Crippen LogP contribution in [-0.2, 0) is 28.7 Å². The number of hydrogen-bond donors (Lipinski definition) is 0. The summed E-state index contributed by atoms with van der Waals surface area (Å²) in [6.07, 6.45) is 5.47. The summed E-state index contributed by atoms with van der Waals surface area (Å²) in [5, 5.41) is 1.90. The average molecular weight is 456 g/mol. The molecule has 3 aromatic rings. The third-order valence-corrected chi connectivity index (χ3v) is 7.69. The maximum absolute atomic E-state index is 13.1. The van der Waals surface area contributed by atoms with Crippen LogP contribution in [0.15, 0.2) is 71.9 Å². The van der Waals surface area contributed by atoms with Crippen molar-refractivity contribution in [2.75, 3.05) is 6.54 Å². The zero-order valence-electron chi connectivity index (χ0n) is 17.2. The van der Waals surface area contributed by atoms with Gasteiger partial charge in [0.05, 0.1) is 29.1 Å². The van der Waals surface area contributed by atoms with Gasteiger partial charge >= 0.3 is 0 Å². The van der Waals surface area contributed by atoms with Crippen LogP contribution in [0.2, 0.25) is 0 Å². The molecule has 1 aliphatic carbocycles. The first kappa shape index (κ1) is 21.5. The van der Waals surface area contributed by atoms with E-state index in [0.29, 0.717) is 41.7 Å². The Balaban J connectivity index is 1.62. The smallest absolute Gasteiger partial charge is 0.264 e. The van der Waals surface area contributed by atoms with Crippen LogP contribution >= 0.6 is 11.3 Å². The number of carbonyl (C=O) groups is 1. The maximum Gasteiger partial charge on any atom is 0.264 e. The van der Waals surface area contributed by atoms with Crippen molar-refractivity contribution in [3.8, 4) is 0 Å². The van der Waals surface area contributed by atoms with Crippen LogP contribution in [0.25, 0.3) is 0 Å². The molecule has 0 atom stereocenters. The molecule has 0 spiro atoms. The Labute approximate surface area is 186 Å². The van der Waals surface area contributed by atoms with E-state index in [4.69, 9.17) is 0 Å². The first-order valence-corrected chi connectivity index (χ1v) is 12.8. The van der Waals surface area contributed by atoms with Gasteiger partial charge in [-0.05, 0) is 35.8 Å². The van der Waals surface area contributed by atoms with E-state index in [0.717, 1.165) is 12.8 Å². The van der Waals surface area contributed by atoms with Gasteiger partial charge in [-0.1, -0.05) is 42.5 Å². The van der Waals surface area contributed by atoms with E-state index in [9.17, 15) is 13.2 Å². The van der Waals surface area contributed by atoms with Crippen LogP contribution in [0.5, 0.6) is 0 Å². The third kappa shape index (κ3) is 5.14. The molecule has 0 N–H and O–H groups in total. The second-order valence-corrected chi connectivity index (χ2v) is 10.6. The first-order valence-electron chi connectivity index (χ1n) is 10.2. The molecule has 6 nitrogen and oxygen atoms in total. The molecule has 4 rings (SSSR count). The fourth-order valence-electron chi connectivity index (χ4n) is 3.53. The molecule has 1 aliphatic rings. The molecular formula is C23H25N3O3S2. The van der Waals surface area contributed by atoms with Crippen LogP contribution in [0, 0.1) is 5.92 Å². The number of imidazole rings is 1. The molecule has 0 aliphatic heterocycles. The lowest BCUT2D eigenvalue weighted by molar-refractivity contribution is 0.0736. The van der Waals surface area contributed by atoms with Gasteiger partial charge in [-0.2, -0.15) is 0 Å². The zero-order chi connectivity index (χ0) is 21.8. The molecule has 31 heavy (non-hydrogen) atoms. The lowest BCUT2D eigenvalue weighted by Crippen LogP contribution is -2.33. The monoisotopic (exact) mass is 455 g/mol. The van der Waals surface area contributed by atoms with Crippen molar-refractivity contribution in [1.82, 2.24) is 14.5 Å². The highest BCUT2D eigenvalue weighted by atomic mass is 32.2. The lowest BCUT2D eigenvalue weighted by atomic mass is 10.2. The molecule has 0 saturated heterocycles. The predicted octanol–water partition coefficient (Wildman–Crippen LogP) is 4.16. The van der Waals surface area contributed by atoms with E-state index in [1.165, 1.54) is 11.3 Å². The molecular weight excluding hydrogens is 430 g/mol. The normalized spacial score (nSPS) is 13.8. The minimum atomic E-state index is -3.65. The van der Waals surface area contributed by atoms with Crippen LogP contribution < -0.4 is 0 Å². The van der Waals surface area contributed by atoms with Gasteiger partial charge in [0.15, 0.2) is 0 Å². The minimum Gasteiger partial charge on any atom is -0.332 e. The van der Waals surface area contributed by atoms with Gasteiger partial charge in [-0.3, -0.25) is 4.79 Å². The quantitative estimate of drug-likeness (QED) is 0.431. The summed E-state index contributed by atoms with van der Waals surface area (Å²) in [6, 6.07) is 12.8. The van der Waals surface area contributed by atoms with Crippen molar-refractivity contribution in [3.05, 3.63) is 82.8 Å². The number of hydrogen-bond acceptors (Lipinski definition) is 5. The molecule has 1 saturated carbocycles. The number of sulfone groups is 1. The van der Waals surface area contributed by atoms with Gasteiger partial charge in [0.2, 0.25) is 15.0 Å². The van der Waals surface area contributed by atoms with Gasteiger partial charge in [0.25, 0.3) is 5.91 Å². The molecule has 1 aromatic carbocycles. The van der Waals surface area contributed by atoms with Crippen molar-refractivity contribution < 1.29 is 13.2 Å². The van der Waals surface area contributed by atoms with Gasteiger partial charge in [0.1, 0.15) is 0 Å². The molecule has 0 radical (unpaired) electrons. The standard InChI is InChI=1S/C23H25N3O3S2/c1-2-12-26-20(14-24-23(26)31(28,29)17-19-7-4-3-5-8-19)16-25(15-18-10-11-18)22(27)21-9-6-13-30-21/h2-9,13-14,18H,1,10-12,15-17H2. The Bertz CT molecular complexity index is 1150. The number of aromatic nitrogens is 2. The molecule has 162 valence electrons. The summed E-state index contributed by atoms with van der Waals surface area (Å²) in [5.74, 6) is 0.365. The van der Waals surface area contributed by atoms with Gasteiger partial charge in [0, 0.05) is 13.1 Å². The second-order valence-electron chi connectivity index (χ2n) is 7.78. The number of thiophene rings is 1. The highest BCUT2D eigenvalue weighted by Crippen LogP contribution is 2.31. The van der Waals surface area contributed by atoms with E-state index >= 15 is 0 Å². The van der Waals surface area contributed by atoms with E-state index in [2.05, 4.69) is 11.6 Å². The van der Waals surface area contributed by atoms with Crippen molar-refractivity contribution in [2.45, 2.75) is 36.8 Å². The highest BCUT2D eigenvalue weighted by Gasteiger charge is 2.30. The Morgan fingerprint density at radius 3 is 2.65 bits per heavy atom. The van der Waals surface area contributed by atoms with Crippen LogP contribution in [-0.4, -0.2) is 35.3 Å². The Morgan fingerprint density at radius 2 is 2.00 bits per heavy atom. The zero-order valence-corrected chi connectivity index (χ0v) is 18.8. The SMILES string of the molecule is C=CCn1c(CN(CC2CC2)C(=O)c2cccs2)cnc1S(=O)(=O)Cc1ccccc1. The molecule has 2 heterocycles. The molecule has 0 unspecified atom stereocenters. The van der Waals surface area contributed by atoms with Crippen LogP contribution in [0.4, 0.5) is 0 Å². The fourth-order valence-corrected chi connectivity index (χ4v) is 5.72. The summed E-state index contributed by atoms with van der Waals surface area (Å²) in [5.41, 5.74) is 1.40. The van der Waals surface area contributed by atoms with E-state index in [1.54, 1.807) is 29.0 Å². The van der Waals surface area contributed by atoms with Crippen molar-refractivity contribution in [3.63, 3.8) is 0 Å². The largest absolute Gasteiger partial charge is 0.332 e. The Hall–Kier alpha value is -2.71. The third-order valence-electron chi connectivity index (χ3n) is 5.24. The van der Waals surface area contributed by atoms with Crippen molar-refractivity contribution in [2.24, 2.45) is 5.92 Å². The number of amides is 1. The Morgan fingerprint density at radius 1 is 1.23 bits per heavy atom. The average Bonchev–Trinajstić information content (AvgIpc) is 3.23. The predicted molar refractivity (Wildman–Crippen MR) is 122 cm³/mol. The Kier molecular flexibility index (Phi) is 6.38. The lowest BCUT2D eigenvalue weighted by Gasteiger charge is -2.23. The summed E-state index contributed by atoms with van der Waals surface area (Å²) < 4.78 is 27.9.